The molecule has 1 N–H and O–H groups in total. The normalized spacial score (nSPS) is 10.6. The van der Waals surface area contributed by atoms with Crippen LogP contribution in [-0.4, -0.2) is 19.2 Å². The average molecular weight is 292 g/mol. The third kappa shape index (κ3) is 3.49. The third-order valence-electron chi connectivity index (χ3n) is 3.13. The molecule has 1 heterocycles. The Balaban J connectivity index is 1.94. The molecule has 5 heteroatoms. The van der Waals surface area contributed by atoms with E-state index < -0.39 is 0 Å². The monoisotopic (exact) mass is 292 g/mol. The Labute approximate surface area is 123 Å². The third-order valence-corrected chi connectivity index (χ3v) is 4.20. The highest BCUT2D eigenvalue weighted by molar-refractivity contribution is 7.11. The summed E-state index contributed by atoms with van der Waals surface area (Å²) in [7, 11) is 3.29. The van der Waals surface area contributed by atoms with E-state index in [0.717, 1.165) is 40.9 Å². The van der Waals surface area contributed by atoms with Gasteiger partial charge < -0.3 is 14.8 Å². The quantitative estimate of drug-likeness (QED) is 0.888. The van der Waals surface area contributed by atoms with Gasteiger partial charge in [0.15, 0.2) is 11.5 Å². The van der Waals surface area contributed by atoms with Crippen molar-refractivity contribution >= 4 is 11.3 Å². The van der Waals surface area contributed by atoms with Gasteiger partial charge in [0.1, 0.15) is 5.01 Å². The van der Waals surface area contributed by atoms with Crippen molar-refractivity contribution in [3.05, 3.63) is 39.3 Å². The van der Waals surface area contributed by atoms with Crippen LogP contribution in [0.3, 0.4) is 0 Å². The standard InChI is InChI=1S/C15H20N2O2S/c1-10-11(2)20-15(17-10)9-16-8-12-5-6-13(18-3)14(7-12)19-4/h5-7,16H,8-9H2,1-4H3. The maximum atomic E-state index is 5.30. The summed E-state index contributed by atoms with van der Waals surface area (Å²) in [5.41, 5.74) is 2.28. The summed E-state index contributed by atoms with van der Waals surface area (Å²) in [6.07, 6.45) is 0. The number of aromatic nitrogens is 1. The van der Waals surface area contributed by atoms with Gasteiger partial charge >= 0.3 is 0 Å². The second kappa shape index (κ2) is 6.72. The Hall–Kier alpha value is -1.59. The average Bonchev–Trinajstić information content (AvgIpc) is 2.77. The summed E-state index contributed by atoms with van der Waals surface area (Å²) < 4.78 is 10.5. The molecule has 4 nitrogen and oxygen atoms in total. The van der Waals surface area contributed by atoms with Gasteiger partial charge in [0.05, 0.1) is 19.9 Å². The molecule has 0 aliphatic carbocycles. The second-order valence-corrected chi connectivity index (χ2v) is 5.83. The number of ether oxygens (including phenoxy) is 2. The Morgan fingerprint density at radius 2 is 1.85 bits per heavy atom. The zero-order chi connectivity index (χ0) is 14.5. The molecule has 0 radical (unpaired) electrons. The van der Waals surface area contributed by atoms with Crippen molar-refractivity contribution in [3.8, 4) is 11.5 Å². The van der Waals surface area contributed by atoms with Gasteiger partial charge in [-0.25, -0.2) is 4.98 Å². The number of rotatable bonds is 6. The number of hydrogen-bond donors (Lipinski definition) is 1. The van der Waals surface area contributed by atoms with Crippen LogP contribution < -0.4 is 14.8 Å². The number of benzene rings is 1. The van der Waals surface area contributed by atoms with Gasteiger partial charge in [-0.2, -0.15) is 0 Å². The molecule has 20 heavy (non-hydrogen) atoms. The molecule has 0 bridgehead atoms. The molecule has 0 aliphatic heterocycles. The predicted octanol–water partition coefficient (Wildman–Crippen LogP) is 3.07. The molecule has 0 saturated carbocycles. The molecule has 1 aromatic heterocycles. The summed E-state index contributed by atoms with van der Waals surface area (Å²) in [6, 6.07) is 5.95. The maximum absolute atomic E-state index is 5.30. The maximum Gasteiger partial charge on any atom is 0.161 e. The van der Waals surface area contributed by atoms with E-state index in [1.54, 1.807) is 25.6 Å². The van der Waals surface area contributed by atoms with Crippen LogP contribution in [0.25, 0.3) is 0 Å². The van der Waals surface area contributed by atoms with Gasteiger partial charge in [-0.3, -0.25) is 0 Å². The molecular formula is C15H20N2O2S. The SMILES string of the molecule is COc1ccc(CNCc2nc(C)c(C)s2)cc1OC. The van der Waals surface area contributed by atoms with Gasteiger partial charge in [0, 0.05) is 18.0 Å². The highest BCUT2D eigenvalue weighted by Gasteiger charge is 2.06. The van der Waals surface area contributed by atoms with Gasteiger partial charge in [-0.1, -0.05) is 6.07 Å². The molecule has 2 aromatic rings. The fraction of sp³-hybridized carbons (Fsp3) is 0.400. The molecule has 0 atom stereocenters. The summed E-state index contributed by atoms with van der Waals surface area (Å²) >= 11 is 1.74. The van der Waals surface area contributed by atoms with Crippen LogP contribution >= 0.6 is 11.3 Å². The minimum Gasteiger partial charge on any atom is -0.493 e. The van der Waals surface area contributed by atoms with Gasteiger partial charge in [0.25, 0.3) is 0 Å². The van der Waals surface area contributed by atoms with E-state index in [2.05, 4.69) is 17.2 Å². The van der Waals surface area contributed by atoms with E-state index >= 15 is 0 Å². The Morgan fingerprint density at radius 3 is 2.45 bits per heavy atom. The van der Waals surface area contributed by atoms with E-state index in [0.29, 0.717) is 0 Å². The van der Waals surface area contributed by atoms with E-state index in [9.17, 15) is 0 Å². The molecule has 108 valence electrons. The molecule has 0 fully saturated rings. The van der Waals surface area contributed by atoms with Gasteiger partial charge in [-0.15, -0.1) is 11.3 Å². The Bertz CT molecular complexity index is 562. The number of aryl methyl sites for hydroxylation is 2. The van der Waals surface area contributed by atoms with Crippen LogP contribution in [0.2, 0.25) is 0 Å². The molecule has 0 amide bonds. The highest BCUT2D eigenvalue weighted by Crippen LogP contribution is 2.27. The molecule has 0 unspecified atom stereocenters. The van der Waals surface area contributed by atoms with Crippen LogP contribution in [0.5, 0.6) is 11.5 Å². The first kappa shape index (κ1) is 14.8. The van der Waals surface area contributed by atoms with Crippen LogP contribution in [0.15, 0.2) is 18.2 Å². The topological polar surface area (TPSA) is 43.4 Å². The largest absolute Gasteiger partial charge is 0.493 e. The Kier molecular flexibility index (Phi) is 4.98. The number of nitrogens with one attached hydrogen (secondary N) is 1. The first-order valence-electron chi connectivity index (χ1n) is 6.48. The van der Waals surface area contributed by atoms with Crippen LogP contribution in [0, 0.1) is 13.8 Å². The Morgan fingerprint density at radius 1 is 1.10 bits per heavy atom. The van der Waals surface area contributed by atoms with E-state index in [4.69, 9.17) is 9.47 Å². The molecule has 0 aliphatic rings. The smallest absolute Gasteiger partial charge is 0.161 e. The lowest BCUT2D eigenvalue weighted by Gasteiger charge is -2.09. The van der Waals surface area contributed by atoms with Crippen LogP contribution in [0.1, 0.15) is 21.1 Å². The van der Waals surface area contributed by atoms with E-state index in [-0.39, 0.29) is 0 Å². The summed E-state index contributed by atoms with van der Waals surface area (Å²) in [6.45, 7) is 5.71. The fourth-order valence-electron chi connectivity index (χ4n) is 1.92. The van der Waals surface area contributed by atoms with Crippen LogP contribution in [0.4, 0.5) is 0 Å². The van der Waals surface area contributed by atoms with Crippen molar-refractivity contribution in [2.45, 2.75) is 26.9 Å². The lowest BCUT2D eigenvalue weighted by molar-refractivity contribution is 0.354. The summed E-state index contributed by atoms with van der Waals surface area (Å²) in [5.74, 6) is 1.51. The van der Waals surface area contributed by atoms with Gasteiger partial charge in [-0.05, 0) is 31.5 Å². The van der Waals surface area contributed by atoms with Crippen molar-refractivity contribution in [1.29, 1.82) is 0 Å². The number of methoxy groups -OCH3 is 2. The lowest BCUT2D eigenvalue weighted by Crippen LogP contribution is -2.12. The first-order chi connectivity index (χ1) is 9.63. The molecule has 1 aromatic carbocycles. The summed E-state index contributed by atoms with van der Waals surface area (Å²) in [4.78, 5) is 5.80. The van der Waals surface area contributed by atoms with Crippen LogP contribution in [-0.2, 0) is 13.1 Å². The van der Waals surface area contributed by atoms with Crippen molar-refractivity contribution in [1.82, 2.24) is 10.3 Å². The zero-order valence-electron chi connectivity index (χ0n) is 12.3. The molecule has 2 rings (SSSR count). The van der Waals surface area contributed by atoms with E-state index in [1.807, 2.05) is 25.1 Å². The minimum absolute atomic E-state index is 0.752. The first-order valence-corrected chi connectivity index (χ1v) is 7.30. The number of nitrogens with zero attached hydrogens (tertiary/aromatic N) is 1. The number of hydrogen-bond acceptors (Lipinski definition) is 5. The number of thiazole rings is 1. The fourth-order valence-corrected chi connectivity index (χ4v) is 2.82. The zero-order valence-corrected chi connectivity index (χ0v) is 13.1. The lowest BCUT2D eigenvalue weighted by atomic mass is 10.2. The van der Waals surface area contributed by atoms with E-state index in [1.165, 1.54) is 4.88 Å². The van der Waals surface area contributed by atoms with Crippen molar-refractivity contribution in [2.75, 3.05) is 14.2 Å². The highest BCUT2D eigenvalue weighted by atomic mass is 32.1. The molecule has 0 saturated heterocycles. The van der Waals surface area contributed by atoms with Crippen molar-refractivity contribution < 1.29 is 9.47 Å². The van der Waals surface area contributed by atoms with Gasteiger partial charge in [0.2, 0.25) is 0 Å². The predicted molar refractivity (Wildman–Crippen MR) is 81.7 cm³/mol. The molecular weight excluding hydrogens is 272 g/mol. The van der Waals surface area contributed by atoms with Crippen molar-refractivity contribution in [2.24, 2.45) is 0 Å². The molecule has 0 spiro atoms. The second-order valence-electron chi connectivity index (χ2n) is 4.54. The summed E-state index contributed by atoms with van der Waals surface area (Å²) in [5, 5.41) is 4.52. The van der Waals surface area contributed by atoms with Crippen molar-refractivity contribution in [3.63, 3.8) is 0 Å². The minimum atomic E-state index is 0.752.